The smallest absolute Gasteiger partial charge is 0.286 e. The van der Waals surface area contributed by atoms with Crippen LogP contribution in [0.1, 0.15) is 45.4 Å². The van der Waals surface area contributed by atoms with Gasteiger partial charge in [-0.15, -0.1) is 0 Å². The number of carbonyl (C=O) groups is 3. The number of H-pyrrole nitrogens is 1. The molecule has 2 aromatic rings. The first-order valence-corrected chi connectivity index (χ1v) is 10.2. The van der Waals surface area contributed by atoms with Crippen LogP contribution < -0.4 is 15.8 Å². The summed E-state index contributed by atoms with van der Waals surface area (Å²) >= 11 is 0. The van der Waals surface area contributed by atoms with Gasteiger partial charge < -0.3 is 9.88 Å². The molecule has 0 aliphatic carbocycles. The lowest BCUT2D eigenvalue weighted by Crippen LogP contribution is -2.48. The van der Waals surface area contributed by atoms with Gasteiger partial charge in [0.1, 0.15) is 5.69 Å². The van der Waals surface area contributed by atoms with Gasteiger partial charge in [0, 0.05) is 56.1 Å². The standard InChI is InChI=1S/C22H29N5O3/c1-15-20(17(3)28)16(2)23-21(15)22(30)25-24-19(29)9-10-26-11-13-27(14-12-26)18-7-5-4-6-8-18/h4-8,23H,9-14H2,1-3H3,(H,24,29)(H,25,30). The van der Waals surface area contributed by atoms with E-state index >= 15 is 0 Å². The van der Waals surface area contributed by atoms with E-state index in [9.17, 15) is 14.4 Å². The number of para-hydroxylation sites is 1. The zero-order valence-corrected chi connectivity index (χ0v) is 17.7. The molecular formula is C22H29N5O3. The van der Waals surface area contributed by atoms with Crippen LogP contribution in [0.2, 0.25) is 0 Å². The van der Waals surface area contributed by atoms with Gasteiger partial charge in [0.05, 0.1) is 0 Å². The molecule has 0 saturated carbocycles. The lowest BCUT2D eigenvalue weighted by molar-refractivity contribution is -0.122. The maximum atomic E-state index is 12.4. The molecule has 8 heteroatoms. The highest BCUT2D eigenvalue weighted by Crippen LogP contribution is 2.18. The number of aromatic amines is 1. The van der Waals surface area contributed by atoms with Crippen molar-refractivity contribution in [2.45, 2.75) is 27.2 Å². The summed E-state index contributed by atoms with van der Waals surface area (Å²) in [5, 5.41) is 0. The SMILES string of the molecule is CC(=O)c1c(C)[nH]c(C(=O)NNC(=O)CCN2CCN(c3ccccc3)CC2)c1C. The Bertz CT molecular complexity index is 914. The Hall–Kier alpha value is -3.13. The summed E-state index contributed by atoms with van der Waals surface area (Å²) in [6, 6.07) is 10.3. The van der Waals surface area contributed by atoms with E-state index in [4.69, 9.17) is 0 Å². The van der Waals surface area contributed by atoms with Gasteiger partial charge in [0.25, 0.3) is 5.91 Å². The summed E-state index contributed by atoms with van der Waals surface area (Å²) in [6.07, 6.45) is 0.299. The number of hydrogen-bond donors (Lipinski definition) is 3. The fraction of sp³-hybridized carbons (Fsp3) is 0.409. The van der Waals surface area contributed by atoms with Crippen LogP contribution in [0, 0.1) is 13.8 Å². The van der Waals surface area contributed by atoms with E-state index in [1.54, 1.807) is 13.8 Å². The highest BCUT2D eigenvalue weighted by Gasteiger charge is 2.21. The average molecular weight is 412 g/mol. The molecule has 0 bridgehead atoms. The second kappa shape index (κ2) is 9.58. The van der Waals surface area contributed by atoms with Crippen molar-refractivity contribution in [2.24, 2.45) is 0 Å². The van der Waals surface area contributed by atoms with E-state index < -0.39 is 5.91 Å². The maximum Gasteiger partial charge on any atom is 0.286 e. The molecule has 8 nitrogen and oxygen atoms in total. The molecule has 0 spiro atoms. The number of nitrogens with one attached hydrogen (secondary N) is 3. The summed E-state index contributed by atoms with van der Waals surface area (Å²) in [7, 11) is 0. The number of benzene rings is 1. The number of anilines is 1. The predicted molar refractivity (Wildman–Crippen MR) is 116 cm³/mol. The van der Waals surface area contributed by atoms with Crippen molar-refractivity contribution in [1.29, 1.82) is 0 Å². The average Bonchev–Trinajstić information content (AvgIpc) is 3.05. The molecule has 3 N–H and O–H groups in total. The van der Waals surface area contributed by atoms with Gasteiger partial charge in [-0.1, -0.05) is 18.2 Å². The van der Waals surface area contributed by atoms with Gasteiger partial charge in [-0.3, -0.25) is 30.1 Å². The van der Waals surface area contributed by atoms with Crippen molar-refractivity contribution in [3.63, 3.8) is 0 Å². The topological polar surface area (TPSA) is 97.5 Å². The Labute approximate surface area is 176 Å². The Morgan fingerprint density at radius 2 is 1.67 bits per heavy atom. The van der Waals surface area contributed by atoms with E-state index in [1.165, 1.54) is 12.6 Å². The summed E-state index contributed by atoms with van der Waals surface area (Å²) in [5.41, 5.74) is 8.14. The molecular weight excluding hydrogens is 382 g/mol. The zero-order valence-electron chi connectivity index (χ0n) is 17.7. The number of rotatable bonds is 6. The van der Waals surface area contributed by atoms with Gasteiger partial charge in [-0.05, 0) is 38.5 Å². The third kappa shape index (κ3) is 5.07. The molecule has 1 aromatic carbocycles. The van der Waals surface area contributed by atoms with Crippen LogP contribution in [0.5, 0.6) is 0 Å². The van der Waals surface area contributed by atoms with E-state index in [2.05, 4.69) is 37.8 Å². The third-order valence-corrected chi connectivity index (χ3v) is 5.48. The molecule has 0 radical (unpaired) electrons. The Kier molecular flexibility index (Phi) is 6.89. The maximum absolute atomic E-state index is 12.4. The van der Waals surface area contributed by atoms with Crippen LogP contribution in [-0.2, 0) is 4.79 Å². The minimum atomic E-state index is -0.465. The second-order valence-electron chi connectivity index (χ2n) is 7.60. The number of nitrogens with zero attached hydrogens (tertiary/aromatic N) is 2. The lowest BCUT2D eigenvalue weighted by Gasteiger charge is -2.36. The van der Waals surface area contributed by atoms with Crippen molar-refractivity contribution in [2.75, 3.05) is 37.6 Å². The fourth-order valence-corrected chi connectivity index (χ4v) is 3.88. The number of Topliss-reactive ketones (excluding diaryl/α,β-unsaturated/α-hetero) is 1. The number of aromatic nitrogens is 1. The molecule has 2 amide bonds. The number of piperazine rings is 1. The number of ketones is 1. The van der Waals surface area contributed by atoms with E-state index in [-0.39, 0.29) is 17.4 Å². The quantitative estimate of drug-likeness (QED) is 0.498. The first-order chi connectivity index (χ1) is 14.4. The highest BCUT2D eigenvalue weighted by atomic mass is 16.2. The van der Waals surface area contributed by atoms with Gasteiger partial charge in [0.15, 0.2) is 5.78 Å². The van der Waals surface area contributed by atoms with Gasteiger partial charge in [-0.2, -0.15) is 0 Å². The van der Waals surface area contributed by atoms with Crippen molar-refractivity contribution in [3.05, 3.63) is 52.8 Å². The second-order valence-corrected chi connectivity index (χ2v) is 7.60. The summed E-state index contributed by atoms with van der Waals surface area (Å²) < 4.78 is 0. The van der Waals surface area contributed by atoms with Crippen LogP contribution in [0.25, 0.3) is 0 Å². The molecule has 3 rings (SSSR count). The number of hydrogen-bond acceptors (Lipinski definition) is 5. The minimum Gasteiger partial charge on any atom is -0.369 e. The molecule has 1 aliphatic heterocycles. The van der Waals surface area contributed by atoms with Crippen LogP contribution in [0.15, 0.2) is 30.3 Å². The Balaban J connectivity index is 1.41. The summed E-state index contributed by atoms with van der Waals surface area (Å²) in [6.45, 7) is 9.19. The molecule has 1 fully saturated rings. The Morgan fingerprint density at radius 3 is 2.27 bits per heavy atom. The first kappa shape index (κ1) is 21.6. The Morgan fingerprint density at radius 1 is 1.00 bits per heavy atom. The molecule has 1 saturated heterocycles. The molecule has 30 heavy (non-hydrogen) atoms. The minimum absolute atomic E-state index is 0.100. The number of amides is 2. The van der Waals surface area contributed by atoms with Gasteiger partial charge in [-0.25, -0.2) is 0 Å². The normalized spacial score (nSPS) is 14.4. The molecule has 0 unspecified atom stereocenters. The molecule has 1 aliphatic rings. The summed E-state index contributed by atoms with van der Waals surface area (Å²) in [4.78, 5) is 43.7. The monoisotopic (exact) mass is 411 g/mol. The van der Waals surface area contributed by atoms with Crippen LogP contribution in [0.3, 0.4) is 0 Å². The van der Waals surface area contributed by atoms with E-state index in [0.717, 1.165) is 26.2 Å². The van der Waals surface area contributed by atoms with E-state index in [0.29, 0.717) is 29.8 Å². The van der Waals surface area contributed by atoms with Crippen LogP contribution in [0.4, 0.5) is 5.69 Å². The van der Waals surface area contributed by atoms with Gasteiger partial charge in [0.2, 0.25) is 5.91 Å². The third-order valence-electron chi connectivity index (χ3n) is 5.48. The molecule has 0 atom stereocenters. The van der Waals surface area contributed by atoms with Crippen molar-refractivity contribution >= 4 is 23.3 Å². The van der Waals surface area contributed by atoms with E-state index in [1.807, 2.05) is 18.2 Å². The molecule has 160 valence electrons. The highest BCUT2D eigenvalue weighted by molar-refractivity contribution is 6.02. The van der Waals surface area contributed by atoms with Crippen molar-refractivity contribution in [3.8, 4) is 0 Å². The van der Waals surface area contributed by atoms with Crippen molar-refractivity contribution < 1.29 is 14.4 Å². The van der Waals surface area contributed by atoms with Crippen LogP contribution >= 0.6 is 0 Å². The zero-order chi connectivity index (χ0) is 21.7. The first-order valence-electron chi connectivity index (χ1n) is 10.2. The lowest BCUT2D eigenvalue weighted by atomic mass is 10.1. The number of hydrazine groups is 1. The number of aryl methyl sites for hydroxylation is 1. The largest absolute Gasteiger partial charge is 0.369 e. The summed E-state index contributed by atoms with van der Waals surface area (Å²) in [5.74, 6) is -0.814. The van der Waals surface area contributed by atoms with Crippen LogP contribution in [-0.4, -0.2) is 60.2 Å². The predicted octanol–water partition coefficient (Wildman–Crippen LogP) is 1.81. The molecule has 2 heterocycles. The number of carbonyl (C=O) groups excluding carboxylic acids is 3. The van der Waals surface area contributed by atoms with Gasteiger partial charge >= 0.3 is 0 Å². The molecule has 1 aromatic heterocycles. The van der Waals surface area contributed by atoms with Crippen molar-refractivity contribution in [1.82, 2.24) is 20.7 Å². The fourth-order valence-electron chi connectivity index (χ4n) is 3.88.